The van der Waals surface area contributed by atoms with Crippen molar-refractivity contribution < 1.29 is 9.13 Å². The Labute approximate surface area is 106 Å². The minimum absolute atomic E-state index is 0.232. The predicted molar refractivity (Wildman–Crippen MR) is 68.2 cm³/mol. The van der Waals surface area contributed by atoms with Crippen LogP contribution >= 0.6 is 0 Å². The molecule has 0 radical (unpaired) electrons. The van der Waals surface area contributed by atoms with Crippen molar-refractivity contribution in [2.75, 3.05) is 7.05 Å². The average Bonchev–Trinajstić information content (AvgIpc) is 2.37. The molecule has 0 saturated heterocycles. The Morgan fingerprint density at radius 2 is 2.17 bits per heavy atom. The van der Waals surface area contributed by atoms with Crippen LogP contribution in [-0.4, -0.2) is 12.0 Å². The molecule has 0 spiro atoms. The number of ether oxygens (including phenoxy) is 1. The SMILES string of the molecule is CNCc1ccncc1Oc1ccc(F)c(C)c1. The monoisotopic (exact) mass is 246 g/mol. The highest BCUT2D eigenvalue weighted by atomic mass is 19.1. The highest BCUT2D eigenvalue weighted by Crippen LogP contribution is 2.25. The molecule has 3 nitrogen and oxygen atoms in total. The smallest absolute Gasteiger partial charge is 0.150 e. The first kappa shape index (κ1) is 12.5. The molecule has 0 unspecified atom stereocenters. The number of hydrogen-bond donors (Lipinski definition) is 1. The van der Waals surface area contributed by atoms with Crippen LogP contribution in [0.3, 0.4) is 0 Å². The maximum absolute atomic E-state index is 13.2. The van der Waals surface area contributed by atoms with Crippen molar-refractivity contribution in [2.45, 2.75) is 13.5 Å². The van der Waals surface area contributed by atoms with Crippen LogP contribution in [-0.2, 0) is 6.54 Å². The number of nitrogens with one attached hydrogen (secondary N) is 1. The number of halogens is 1. The summed E-state index contributed by atoms with van der Waals surface area (Å²) in [5.74, 6) is 1.06. The first-order valence-corrected chi connectivity index (χ1v) is 5.72. The Morgan fingerprint density at radius 3 is 2.89 bits per heavy atom. The maximum atomic E-state index is 13.2. The molecule has 18 heavy (non-hydrogen) atoms. The van der Waals surface area contributed by atoms with E-state index in [1.165, 1.54) is 6.07 Å². The lowest BCUT2D eigenvalue weighted by Gasteiger charge is -2.10. The summed E-state index contributed by atoms with van der Waals surface area (Å²) in [6.07, 6.45) is 3.38. The van der Waals surface area contributed by atoms with Crippen LogP contribution in [0.5, 0.6) is 11.5 Å². The Kier molecular flexibility index (Phi) is 3.89. The average molecular weight is 246 g/mol. The van der Waals surface area contributed by atoms with Gasteiger partial charge in [-0.25, -0.2) is 4.39 Å². The Hall–Kier alpha value is -1.94. The highest BCUT2D eigenvalue weighted by Gasteiger charge is 2.05. The number of aromatic nitrogens is 1. The molecule has 1 N–H and O–H groups in total. The number of rotatable bonds is 4. The summed E-state index contributed by atoms with van der Waals surface area (Å²) in [6, 6.07) is 6.57. The summed E-state index contributed by atoms with van der Waals surface area (Å²) < 4.78 is 18.9. The second kappa shape index (κ2) is 5.60. The lowest BCUT2D eigenvalue weighted by Crippen LogP contribution is -2.06. The van der Waals surface area contributed by atoms with Crippen LogP contribution in [0.25, 0.3) is 0 Å². The van der Waals surface area contributed by atoms with Gasteiger partial charge in [0, 0.05) is 18.3 Å². The van der Waals surface area contributed by atoms with Crippen molar-refractivity contribution in [3.05, 3.63) is 53.6 Å². The second-order valence-corrected chi connectivity index (χ2v) is 4.03. The van der Waals surface area contributed by atoms with E-state index >= 15 is 0 Å². The fourth-order valence-corrected chi connectivity index (χ4v) is 1.64. The van der Waals surface area contributed by atoms with Gasteiger partial charge in [-0.05, 0) is 43.8 Å². The summed E-state index contributed by atoms with van der Waals surface area (Å²) >= 11 is 0. The van der Waals surface area contributed by atoms with Crippen LogP contribution in [0.1, 0.15) is 11.1 Å². The minimum atomic E-state index is -0.232. The maximum Gasteiger partial charge on any atom is 0.150 e. The highest BCUT2D eigenvalue weighted by molar-refractivity contribution is 5.37. The third-order valence-electron chi connectivity index (χ3n) is 2.59. The standard InChI is InChI=1S/C14H15FN2O/c1-10-7-12(3-4-13(10)15)18-14-9-17-6-5-11(14)8-16-2/h3-7,9,16H,8H2,1-2H3. The molecule has 0 aliphatic rings. The molecule has 0 bridgehead atoms. The normalized spacial score (nSPS) is 10.4. The molecule has 1 heterocycles. The van der Waals surface area contributed by atoms with Gasteiger partial charge in [0.25, 0.3) is 0 Å². The zero-order valence-corrected chi connectivity index (χ0v) is 10.4. The number of hydrogen-bond acceptors (Lipinski definition) is 3. The van der Waals surface area contributed by atoms with Crippen LogP contribution in [0.2, 0.25) is 0 Å². The summed E-state index contributed by atoms with van der Waals surface area (Å²) in [5, 5.41) is 3.06. The number of pyridine rings is 1. The van der Waals surface area contributed by atoms with E-state index in [1.807, 2.05) is 13.1 Å². The van der Waals surface area contributed by atoms with E-state index in [-0.39, 0.29) is 5.82 Å². The van der Waals surface area contributed by atoms with Gasteiger partial charge < -0.3 is 10.1 Å². The van der Waals surface area contributed by atoms with E-state index in [4.69, 9.17) is 4.74 Å². The van der Waals surface area contributed by atoms with Crippen molar-refractivity contribution in [1.82, 2.24) is 10.3 Å². The minimum Gasteiger partial charge on any atom is -0.455 e. The largest absolute Gasteiger partial charge is 0.455 e. The summed E-state index contributed by atoms with van der Waals surface area (Å²) in [7, 11) is 1.87. The van der Waals surface area contributed by atoms with Crippen molar-refractivity contribution in [2.24, 2.45) is 0 Å². The van der Waals surface area contributed by atoms with Gasteiger partial charge in [-0.2, -0.15) is 0 Å². The van der Waals surface area contributed by atoms with Crippen LogP contribution in [0.4, 0.5) is 4.39 Å². The number of aryl methyl sites for hydroxylation is 1. The molecular formula is C14H15FN2O. The fraction of sp³-hybridized carbons (Fsp3) is 0.214. The van der Waals surface area contributed by atoms with E-state index in [2.05, 4.69) is 10.3 Å². The molecule has 1 aromatic heterocycles. The van der Waals surface area contributed by atoms with E-state index in [0.29, 0.717) is 23.6 Å². The van der Waals surface area contributed by atoms with E-state index in [0.717, 1.165) is 5.56 Å². The first-order chi connectivity index (χ1) is 8.70. The third-order valence-corrected chi connectivity index (χ3v) is 2.59. The zero-order valence-electron chi connectivity index (χ0n) is 10.4. The number of benzene rings is 1. The van der Waals surface area contributed by atoms with E-state index in [9.17, 15) is 4.39 Å². The molecule has 0 amide bonds. The molecule has 0 atom stereocenters. The van der Waals surface area contributed by atoms with Gasteiger partial charge in [0.05, 0.1) is 6.20 Å². The molecule has 0 aliphatic heterocycles. The Balaban J connectivity index is 2.25. The van der Waals surface area contributed by atoms with Crippen LogP contribution in [0.15, 0.2) is 36.7 Å². The lowest BCUT2D eigenvalue weighted by molar-refractivity contribution is 0.469. The quantitative estimate of drug-likeness (QED) is 0.900. The van der Waals surface area contributed by atoms with Crippen molar-refractivity contribution in [3.63, 3.8) is 0 Å². The van der Waals surface area contributed by atoms with Crippen molar-refractivity contribution in [1.29, 1.82) is 0 Å². The third kappa shape index (κ3) is 2.84. The topological polar surface area (TPSA) is 34.2 Å². The van der Waals surface area contributed by atoms with Gasteiger partial charge in [-0.15, -0.1) is 0 Å². The molecule has 0 aliphatic carbocycles. The molecule has 94 valence electrons. The zero-order chi connectivity index (χ0) is 13.0. The lowest BCUT2D eigenvalue weighted by atomic mass is 10.2. The molecular weight excluding hydrogens is 231 g/mol. The van der Waals surface area contributed by atoms with Gasteiger partial charge in [0.2, 0.25) is 0 Å². The van der Waals surface area contributed by atoms with Gasteiger partial charge in [-0.1, -0.05) is 0 Å². The van der Waals surface area contributed by atoms with E-state index < -0.39 is 0 Å². The van der Waals surface area contributed by atoms with Crippen molar-refractivity contribution in [3.8, 4) is 11.5 Å². The molecule has 2 rings (SSSR count). The van der Waals surface area contributed by atoms with Crippen LogP contribution < -0.4 is 10.1 Å². The fourth-order valence-electron chi connectivity index (χ4n) is 1.64. The van der Waals surface area contributed by atoms with Gasteiger partial charge >= 0.3 is 0 Å². The molecule has 0 fully saturated rings. The Bertz CT molecular complexity index is 543. The molecule has 4 heteroatoms. The van der Waals surface area contributed by atoms with Gasteiger partial charge in [0.1, 0.15) is 17.3 Å². The molecule has 1 aromatic carbocycles. The summed E-state index contributed by atoms with van der Waals surface area (Å²) in [6.45, 7) is 2.40. The predicted octanol–water partition coefficient (Wildman–Crippen LogP) is 3.04. The second-order valence-electron chi connectivity index (χ2n) is 4.03. The summed E-state index contributed by atoms with van der Waals surface area (Å²) in [5.41, 5.74) is 1.57. The van der Waals surface area contributed by atoms with Gasteiger partial charge in [-0.3, -0.25) is 4.98 Å². The first-order valence-electron chi connectivity index (χ1n) is 5.72. The van der Waals surface area contributed by atoms with Crippen LogP contribution in [0, 0.1) is 12.7 Å². The summed E-state index contributed by atoms with van der Waals surface area (Å²) in [4.78, 5) is 4.04. The van der Waals surface area contributed by atoms with Gasteiger partial charge in [0.15, 0.2) is 0 Å². The molecule has 0 saturated carbocycles. The van der Waals surface area contributed by atoms with Crippen molar-refractivity contribution >= 4 is 0 Å². The Morgan fingerprint density at radius 1 is 1.33 bits per heavy atom. The number of nitrogens with zero attached hydrogens (tertiary/aromatic N) is 1. The van der Waals surface area contributed by atoms with E-state index in [1.54, 1.807) is 31.5 Å². The molecule has 2 aromatic rings.